The second-order valence-corrected chi connectivity index (χ2v) is 6.73. The largest absolute Gasteiger partial charge is 0.352 e. The Kier molecular flexibility index (Phi) is 5.87. The number of aromatic nitrogens is 4. The molecule has 0 aliphatic rings. The smallest absolute Gasteiger partial charge is 0.333 e. The van der Waals surface area contributed by atoms with Crippen LogP contribution >= 0.6 is 0 Å². The molecule has 0 radical (unpaired) electrons. The number of nitrogens with zero attached hydrogens (tertiary/aromatic N) is 4. The minimum absolute atomic E-state index is 0.200. The maximum Gasteiger partial charge on any atom is 0.333 e. The molecule has 2 heterocycles. The van der Waals surface area contributed by atoms with E-state index in [9.17, 15) is 13.6 Å². The Bertz CT molecular complexity index is 977. The number of halogens is 2. The van der Waals surface area contributed by atoms with Gasteiger partial charge in [0.15, 0.2) is 0 Å². The van der Waals surface area contributed by atoms with Crippen molar-refractivity contribution < 1.29 is 13.6 Å². The van der Waals surface area contributed by atoms with Gasteiger partial charge in [0.25, 0.3) is 5.91 Å². The monoisotopic (exact) mass is 387 g/mol. The van der Waals surface area contributed by atoms with Gasteiger partial charge in [-0.15, -0.1) is 0 Å². The van der Waals surface area contributed by atoms with E-state index in [0.717, 1.165) is 24.4 Å². The lowest BCUT2D eigenvalue weighted by molar-refractivity contribution is 0.0563. The summed E-state index contributed by atoms with van der Waals surface area (Å²) in [5.41, 5.74) is 4.30. The molecule has 0 fully saturated rings. The standard InChI is InChI=1S/C20H23F2N5O/c1-13-10-14(2)26(24-13)9-5-8-23-19(28)17-7-4-6-16(11-17)18-12-27(20(21)22)25-15(18)3/h4,6-7,10-12,20H,5,8-9H2,1-3H3,(H,23,28). The highest BCUT2D eigenvalue weighted by Crippen LogP contribution is 2.25. The number of benzene rings is 1. The van der Waals surface area contributed by atoms with Crippen LogP contribution in [0.5, 0.6) is 0 Å². The number of hydrogen-bond donors (Lipinski definition) is 1. The third-order valence-electron chi connectivity index (χ3n) is 4.49. The van der Waals surface area contributed by atoms with Crippen molar-refractivity contribution in [3.8, 4) is 11.1 Å². The number of carbonyl (C=O) groups excluding carboxylic acids is 1. The van der Waals surface area contributed by atoms with Gasteiger partial charge in [-0.25, -0.2) is 4.68 Å². The number of amides is 1. The van der Waals surface area contributed by atoms with Crippen molar-refractivity contribution in [1.29, 1.82) is 0 Å². The zero-order chi connectivity index (χ0) is 20.3. The molecule has 0 atom stereocenters. The van der Waals surface area contributed by atoms with Crippen LogP contribution in [-0.2, 0) is 6.54 Å². The maximum atomic E-state index is 12.8. The summed E-state index contributed by atoms with van der Waals surface area (Å²) in [5, 5.41) is 11.1. The molecule has 0 spiro atoms. The first-order valence-electron chi connectivity index (χ1n) is 9.08. The fourth-order valence-corrected chi connectivity index (χ4v) is 3.13. The average Bonchev–Trinajstić information content (AvgIpc) is 3.20. The lowest BCUT2D eigenvalue weighted by Crippen LogP contribution is -2.25. The first-order chi connectivity index (χ1) is 13.3. The Morgan fingerprint density at radius 1 is 1.18 bits per heavy atom. The van der Waals surface area contributed by atoms with Crippen LogP contribution in [0.1, 0.15) is 40.4 Å². The summed E-state index contributed by atoms with van der Waals surface area (Å²) in [4.78, 5) is 12.4. The molecule has 0 saturated carbocycles. The van der Waals surface area contributed by atoms with E-state index in [2.05, 4.69) is 15.5 Å². The highest BCUT2D eigenvalue weighted by Gasteiger charge is 2.14. The normalized spacial score (nSPS) is 11.2. The van der Waals surface area contributed by atoms with E-state index < -0.39 is 6.55 Å². The topological polar surface area (TPSA) is 64.7 Å². The summed E-state index contributed by atoms with van der Waals surface area (Å²) >= 11 is 0. The Hall–Kier alpha value is -3.03. The maximum absolute atomic E-state index is 12.8. The van der Waals surface area contributed by atoms with E-state index in [0.29, 0.717) is 33.6 Å². The number of nitrogens with one attached hydrogen (secondary N) is 1. The molecule has 1 amide bonds. The van der Waals surface area contributed by atoms with Crippen LogP contribution < -0.4 is 5.32 Å². The molecule has 0 unspecified atom stereocenters. The molecule has 148 valence electrons. The zero-order valence-corrected chi connectivity index (χ0v) is 16.1. The fourth-order valence-electron chi connectivity index (χ4n) is 3.13. The number of alkyl halides is 2. The summed E-state index contributed by atoms with van der Waals surface area (Å²) < 4.78 is 28.2. The predicted octanol–water partition coefficient (Wildman–Crippen LogP) is 3.89. The quantitative estimate of drug-likeness (QED) is 0.626. The van der Waals surface area contributed by atoms with Gasteiger partial charge in [0.2, 0.25) is 0 Å². The van der Waals surface area contributed by atoms with E-state index in [1.807, 2.05) is 24.6 Å². The van der Waals surface area contributed by atoms with Crippen LogP contribution in [0.15, 0.2) is 36.5 Å². The van der Waals surface area contributed by atoms with Crippen molar-refractivity contribution in [2.75, 3.05) is 6.54 Å². The van der Waals surface area contributed by atoms with Gasteiger partial charge in [0.05, 0.1) is 11.4 Å². The summed E-state index contributed by atoms with van der Waals surface area (Å²) in [6, 6.07) is 8.92. The Morgan fingerprint density at radius 2 is 1.96 bits per heavy atom. The molecule has 0 aliphatic carbocycles. The summed E-state index contributed by atoms with van der Waals surface area (Å²) in [7, 11) is 0. The van der Waals surface area contributed by atoms with E-state index in [4.69, 9.17) is 0 Å². The third kappa shape index (κ3) is 4.44. The molecule has 3 aromatic rings. The van der Waals surface area contributed by atoms with Crippen molar-refractivity contribution >= 4 is 5.91 Å². The minimum Gasteiger partial charge on any atom is -0.352 e. The number of rotatable bonds is 7. The molecule has 1 N–H and O–H groups in total. The van der Waals surface area contributed by atoms with E-state index in [-0.39, 0.29) is 5.91 Å². The Morgan fingerprint density at radius 3 is 2.61 bits per heavy atom. The third-order valence-corrected chi connectivity index (χ3v) is 4.49. The average molecular weight is 387 g/mol. The molecule has 1 aromatic carbocycles. The van der Waals surface area contributed by atoms with Gasteiger partial charge in [-0.05, 0) is 51.0 Å². The molecule has 6 nitrogen and oxygen atoms in total. The van der Waals surface area contributed by atoms with Crippen LogP contribution in [0.3, 0.4) is 0 Å². The fraction of sp³-hybridized carbons (Fsp3) is 0.350. The van der Waals surface area contributed by atoms with Crippen molar-refractivity contribution in [2.24, 2.45) is 0 Å². The zero-order valence-electron chi connectivity index (χ0n) is 16.1. The van der Waals surface area contributed by atoms with Crippen molar-refractivity contribution in [1.82, 2.24) is 24.9 Å². The van der Waals surface area contributed by atoms with Gasteiger partial charge in [-0.3, -0.25) is 9.48 Å². The van der Waals surface area contributed by atoms with E-state index in [1.165, 1.54) is 6.20 Å². The summed E-state index contributed by atoms with van der Waals surface area (Å²) in [6.07, 6.45) is 2.05. The second-order valence-electron chi connectivity index (χ2n) is 6.73. The summed E-state index contributed by atoms with van der Waals surface area (Å²) in [5.74, 6) is -0.200. The minimum atomic E-state index is -2.69. The Balaban J connectivity index is 1.61. The summed E-state index contributed by atoms with van der Waals surface area (Å²) in [6.45, 7) is 4.17. The highest BCUT2D eigenvalue weighted by atomic mass is 19.3. The molecule has 0 bridgehead atoms. The van der Waals surface area contributed by atoms with Crippen molar-refractivity contribution in [3.63, 3.8) is 0 Å². The SMILES string of the molecule is Cc1cc(C)n(CCCNC(=O)c2cccc(-c3cn(C(F)F)nc3C)c2)n1. The van der Waals surface area contributed by atoms with E-state index in [1.54, 1.807) is 31.2 Å². The molecule has 8 heteroatoms. The van der Waals surface area contributed by atoms with Gasteiger partial charge >= 0.3 is 6.55 Å². The van der Waals surface area contributed by atoms with E-state index >= 15 is 0 Å². The first-order valence-corrected chi connectivity index (χ1v) is 9.08. The molecule has 3 rings (SSSR count). The number of aryl methyl sites for hydroxylation is 4. The first kappa shape index (κ1) is 19.7. The number of hydrogen-bond acceptors (Lipinski definition) is 3. The van der Waals surface area contributed by atoms with Crippen molar-refractivity contribution in [3.05, 3.63) is 59.2 Å². The van der Waals surface area contributed by atoms with Gasteiger partial charge in [-0.2, -0.15) is 19.0 Å². The molecule has 0 aliphatic heterocycles. The molecular weight excluding hydrogens is 364 g/mol. The highest BCUT2D eigenvalue weighted by molar-refractivity contribution is 5.95. The van der Waals surface area contributed by atoms with Crippen LogP contribution in [0.2, 0.25) is 0 Å². The van der Waals surface area contributed by atoms with Gasteiger partial charge in [0.1, 0.15) is 0 Å². The second kappa shape index (κ2) is 8.33. The van der Waals surface area contributed by atoms with Crippen LogP contribution in [0.25, 0.3) is 11.1 Å². The van der Waals surface area contributed by atoms with Crippen LogP contribution in [0.4, 0.5) is 8.78 Å². The Labute approximate surface area is 162 Å². The lowest BCUT2D eigenvalue weighted by Gasteiger charge is -2.08. The predicted molar refractivity (Wildman–Crippen MR) is 102 cm³/mol. The van der Waals surface area contributed by atoms with Gasteiger partial charge in [0, 0.05) is 36.1 Å². The van der Waals surface area contributed by atoms with Crippen LogP contribution in [0, 0.1) is 20.8 Å². The lowest BCUT2D eigenvalue weighted by atomic mass is 10.0. The number of carbonyl (C=O) groups is 1. The molecule has 28 heavy (non-hydrogen) atoms. The molecule has 0 saturated heterocycles. The van der Waals surface area contributed by atoms with Gasteiger partial charge < -0.3 is 5.32 Å². The van der Waals surface area contributed by atoms with Crippen LogP contribution in [-0.4, -0.2) is 32.0 Å². The molecule has 2 aromatic heterocycles. The van der Waals surface area contributed by atoms with Gasteiger partial charge in [-0.1, -0.05) is 12.1 Å². The van der Waals surface area contributed by atoms with Crippen molar-refractivity contribution in [2.45, 2.75) is 40.3 Å². The molecular formula is C20H23F2N5O.